The molecule has 0 saturated carbocycles. The van der Waals surface area contributed by atoms with Gasteiger partial charge >= 0.3 is 11.9 Å². The first kappa shape index (κ1) is 23.2. The van der Waals surface area contributed by atoms with Crippen molar-refractivity contribution in [3.8, 4) is 11.5 Å². The van der Waals surface area contributed by atoms with Crippen molar-refractivity contribution in [1.82, 2.24) is 4.90 Å². The van der Waals surface area contributed by atoms with E-state index < -0.39 is 11.9 Å². The van der Waals surface area contributed by atoms with Crippen LogP contribution in [0.3, 0.4) is 0 Å². The first-order valence-corrected chi connectivity index (χ1v) is 8.97. The number of methoxy groups -OCH3 is 2. The lowest BCUT2D eigenvalue weighted by Crippen LogP contribution is -2.36. The number of likely N-dealkylation sites (tertiary alicyclic amines) is 1. The van der Waals surface area contributed by atoms with Crippen LogP contribution in [0, 0.1) is 5.92 Å². The Morgan fingerprint density at radius 2 is 1.86 bits per heavy atom. The van der Waals surface area contributed by atoms with E-state index in [0.717, 1.165) is 25.6 Å². The highest BCUT2D eigenvalue weighted by Crippen LogP contribution is 2.29. The third-order valence-electron chi connectivity index (χ3n) is 4.26. The first-order valence-electron chi connectivity index (χ1n) is 8.97. The lowest BCUT2D eigenvalue weighted by Gasteiger charge is -2.30. The zero-order chi connectivity index (χ0) is 21.1. The Labute approximate surface area is 164 Å². The fourth-order valence-corrected chi connectivity index (χ4v) is 2.87. The fourth-order valence-electron chi connectivity index (χ4n) is 2.87. The van der Waals surface area contributed by atoms with Crippen molar-refractivity contribution in [2.45, 2.75) is 26.2 Å². The van der Waals surface area contributed by atoms with Crippen molar-refractivity contribution in [1.29, 1.82) is 0 Å². The summed E-state index contributed by atoms with van der Waals surface area (Å²) in [4.78, 5) is 32.7. The number of nitrogens with zero attached hydrogens (tertiary/aromatic N) is 1. The number of carbonyl (C=O) groups is 3. The topological polar surface area (TPSA) is 125 Å². The van der Waals surface area contributed by atoms with Crippen LogP contribution < -0.4 is 14.8 Å². The van der Waals surface area contributed by atoms with E-state index in [-0.39, 0.29) is 5.91 Å². The lowest BCUT2D eigenvalue weighted by atomic mass is 10.0. The smallest absolute Gasteiger partial charge is 0.414 e. The fraction of sp³-hybridized carbons (Fsp3) is 0.526. The maximum atomic E-state index is 12.2. The summed E-state index contributed by atoms with van der Waals surface area (Å²) in [5.74, 6) is -1.58. The molecule has 1 heterocycles. The Kier molecular flexibility index (Phi) is 9.80. The van der Waals surface area contributed by atoms with Gasteiger partial charge in [0, 0.05) is 25.6 Å². The Balaban J connectivity index is 0.000000568. The normalized spacial score (nSPS) is 16.3. The van der Waals surface area contributed by atoms with Gasteiger partial charge in [-0.15, -0.1) is 0 Å². The molecule has 0 aliphatic carbocycles. The summed E-state index contributed by atoms with van der Waals surface area (Å²) in [6.07, 6.45) is 3.02. The summed E-state index contributed by atoms with van der Waals surface area (Å²) in [7, 11) is 3.19. The van der Waals surface area contributed by atoms with Crippen LogP contribution in [-0.4, -0.2) is 66.8 Å². The van der Waals surface area contributed by atoms with Crippen molar-refractivity contribution >= 4 is 23.5 Å². The zero-order valence-electron chi connectivity index (χ0n) is 16.4. The molecule has 2 rings (SSSR count). The molecular formula is C19H28N2O7. The predicted molar refractivity (Wildman–Crippen MR) is 103 cm³/mol. The number of carboxylic acids is 2. The van der Waals surface area contributed by atoms with Crippen LogP contribution in [-0.2, 0) is 14.4 Å². The number of hydrogen-bond donors (Lipinski definition) is 3. The third-order valence-corrected chi connectivity index (χ3v) is 4.26. The Morgan fingerprint density at radius 3 is 2.39 bits per heavy atom. The highest BCUT2D eigenvalue weighted by Gasteiger charge is 2.17. The average molecular weight is 396 g/mol. The van der Waals surface area contributed by atoms with Gasteiger partial charge < -0.3 is 29.9 Å². The quantitative estimate of drug-likeness (QED) is 0.623. The van der Waals surface area contributed by atoms with Crippen molar-refractivity contribution in [2.24, 2.45) is 5.92 Å². The van der Waals surface area contributed by atoms with Gasteiger partial charge in [-0.05, 0) is 37.4 Å². The van der Waals surface area contributed by atoms with Gasteiger partial charge in [-0.3, -0.25) is 4.79 Å². The van der Waals surface area contributed by atoms with Crippen molar-refractivity contribution < 1.29 is 34.1 Å². The number of benzene rings is 1. The van der Waals surface area contributed by atoms with Gasteiger partial charge in [-0.25, -0.2) is 9.59 Å². The number of aliphatic carboxylic acids is 2. The van der Waals surface area contributed by atoms with Crippen LogP contribution >= 0.6 is 0 Å². The monoisotopic (exact) mass is 396 g/mol. The molecule has 1 aromatic rings. The minimum atomic E-state index is -1.82. The highest BCUT2D eigenvalue weighted by atomic mass is 16.5. The number of hydrogen-bond acceptors (Lipinski definition) is 6. The van der Waals surface area contributed by atoms with Gasteiger partial charge in [0.05, 0.1) is 19.9 Å². The van der Waals surface area contributed by atoms with Crippen LogP contribution in [0.4, 0.5) is 5.69 Å². The Morgan fingerprint density at radius 1 is 1.18 bits per heavy atom. The Hall–Kier alpha value is -2.81. The number of anilines is 1. The number of ether oxygens (including phenoxy) is 2. The lowest BCUT2D eigenvalue weighted by molar-refractivity contribution is -0.159. The molecule has 9 nitrogen and oxygen atoms in total. The standard InChI is InChI=1S/C17H26N2O3.C2H2O4/c1-13-5-4-9-19(12-13)10-8-17(20)18-15-11-14(21-2)6-7-16(15)22-3;3-1(4)2(5)6/h6-7,11,13H,4-5,8-10,12H2,1-3H3,(H,18,20);(H,3,4)(H,5,6). The van der Waals surface area contributed by atoms with Gasteiger partial charge in [0.2, 0.25) is 5.91 Å². The van der Waals surface area contributed by atoms with Crippen LogP contribution in [0.25, 0.3) is 0 Å². The predicted octanol–water partition coefficient (Wildman–Crippen LogP) is 1.92. The van der Waals surface area contributed by atoms with E-state index in [1.807, 2.05) is 6.07 Å². The highest BCUT2D eigenvalue weighted by molar-refractivity contribution is 6.27. The van der Waals surface area contributed by atoms with Crippen LogP contribution in [0.15, 0.2) is 18.2 Å². The second-order valence-electron chi connectivity index (χ2n) is 6.52. The van der Waals surface area contributed by atoms with E-state index in [1.54, 1.807) is 26.4 Å². The molecule has 1 saturated heterocycles. The van der Waals surface area contributed by atoms with E-state index in [1.165, 1.54) is 12.8 Å². The number of piperidine rings is 1. The van der Waals surface area contributed by atoms with Gasteiger partial charge in [0.15, 0.2) is 0 Å². The summed E-state index contributed by atoms with van der Waals surface area (Å²) >= 11 is 0. The van der Waals surface area contributed by atoms with Gasteiger partial charge in [0.1, 0.15) is 11.5 Å². The van der Waals surface area contributed by atoms with Gasteiger partial charge in [-0.2, -0.15) is 0 Å². The van der Waals surface area contributed by atoms with E-state index >= 15 is 0 Å². The molecule has 1 amide bonds. The maximum Gasteiger partial charge on any atom is 0.414 e. The molecule has 0 bridgehead atoms. The summed E-state index contributed by atoms with van der Waals surface area (Å²) in [6.45, 7) is 5.27. The molecule has 1 fully saturated rings. The van der Waals surface area contributed by atoms with Crippen molar-refractivity contribution in [2.75, 3.05) is 39.2 Å². The minimum absolute atomic E-state index is 0.00443. The molecule has 156 valence electrons. The van der Waals surface area contributed by atoms with Crippen LogP contribution in [0.5, 0.6) is 11.5 Å². The Bertz CT molecular complexity index is 666. The number of carboxylic acid groups (broad SMARTS) is 2. The molecule has 0 spiro atoms. The molecule has 0 radical (unpaired) electrons. The molecule has 1 aliphatic heterocycles. The van der Waals surface area contributed by atoms with E-state index in [9.17, 15) is 4.79 Å². The molecular weight excluding hydrogens is 368 g/mol. The van der Waals surface area contributed by atoms with E-state index in [4.69, 9.17) is 29.3 Å². The SMILES string of the molecule is COc1ccc(OC)c(NC(=O)CCN2CCCC(C)C2)c1.O=C(O)C(=O)O. The second kappa shape index (κ2) is 11.8. The third kappa shape index (κ3) is 8.26. The summed E-state index contributed by atoms with van der Waals surface area (Å²) in [5, 5.41) is 17.7. The molecule has 28 heavy (non-hydrogen) atoms. The van der Waals surface area contributed by atoms with Crippen LogP contribution in [0.1, 0.15) is 26.2 Å². The van der Waals surface area contributed by atoms with Crippen molar-refractivity contribution in [3.05, 3.63) is 18.2 Å². The summed E-state index contributed by atoms with van der Waals surface area (Å²) < 4.78 is 10.5. The van der Waals surface area contributed by atoms with Crippen LogP contribution in [0.2, 0.25) is 0 Å². The first-order chi connectivity index (χ1) is 13.3. The minimum Gasteiger partial charge on any atom is -0.497 e. The molecule has 1 aliphatic rings. The average Bonchev–Trinajstić information content (AvgIpc) is 2.66. The van der Waals surface area contributed by atoms with E-state index in [0.29, 0.717) is 23.6 Å². The summed E-state index contributed by atoms with van der Waals surface area (Å²) in [6, 6.07) is 5.38. The summed E-state index contributed by atoms with van der Waals surface area (Å²) in [5.41, 5.74) is 0.652. The van der Waals surface area contributed by atoms with E-state index in [2.05, 4.69) is 17.1 Å². The maximum absolute atomic E-state index is 12.2. The molecule has 1 atom stereocenters. The number of nitrogens with one attached hydrogen (secondary N) is 1. The molecule has 1 aromatic carbocycles. The van der Waals surface area contributed by atoms with Crippen molar-refractivity contribution in [3.63, 3.8) is 0 Å². The van der Waals surface area contributed by atoms with Gasteiger partial charge in [-0.1, -0.05) is 6.92 Å². The largest absolute Gasteiger partial charge is 0.497 e. The number of rotatable bonds is 6. The zero-order valence-corrected chi connectivity index (χ0v) is 16.4. The molecule has 3 N–H and O–H groups in total. The molecule has 9 heteroatoms. The second-order valence-corrected chi connectivity index (χ2v) is 6.52. The molecule has 0 aromatic heterocycles. The number of carbonyl (C=O) groups excluding carboxylic acids is 1. The molecule has 1 unspecified atom stereocenters. The number of amides is 1. The van der Waals surface area contributed by atoms with Gasteiger partial charge in [0.25, 0.3) is 0 Å².